The normalized spacial score (nSPS) is 29.2. The summed E-state index contributed by atoms with van der Waals surface area (Å²) in [7, 11) is 0. The number of hydrogen-bond donors (Lipinski definition) is 1. The molecular formula is C13H20N2O3. The van der Waals surface area contributed by atoms with Gasteiger partial charge >= 0.3 is 6.03 Å². The fraction of sp³-hybridized carbons (Fsp3) is 0.769. The van der Waals surface area contributed by atoms with Crippen LogP contribution >= 0.6 is 0 Å². The second kappa shape index (κ2) is 3.13. The molecule has 2 fully saturated rings. The summed E-state index contributed by atoms with van der Waals surface area (Å²) in [4.78, 5) is 37.2. The molecule has 1 aliphatic heterocycles. The van der Waals surface area contributed by atoms with Crippen molar-refractivity contribution in [2.24, 2.45) is 16.2 Å². The molecule has 18 heavy (non-hydrogen) atoms. The Hall–Kier alpha value is -1.39. The van der Waals surface area contributed by atoms with E-state index in [2.05, 4.69) is 5.32 Å². The maximum absolute atomic E-state index is 12.4. The van der Waals surface area contributed by atoms with Gasteiger partial charge in [-0.05, 0) is 24.7 Å². The largest absolute Gasteiger partial charge is 0.331 e. The first-order valence-electron chi connectivity index (χ1n) is 6.15. The molecule has 0 spiro atoms. The second-order valence-electron chi connectivity index (χ2n) is 6.91. The van der Waals surface area contributed by atoms with Crippen molar-refractivity contribution < 1.29 is 14.4 Å². The first-order chi connectivity index (χ1) is 7.95. The Kier molecular flexibility index (Phi) is 2.27. The molecule has 0 aromatic carbocycles. The Morgan fingerprint density at radius 3 is 1.78 bits per heavy atom. The molecule has 1 saturated heterocycles. The molecular weight excluding hydrogens is 232 g/mol. The first-order valence-corrected chi connectivity index (χ1v) is 6.15. The van der Waals surface area contributed by atoms with Gasteiger partial charge in [0.25, 0.3) is 0 Å². The Morgan fingerprint density at radius 2 is 1.39 bits per heavy atom. The lowest BCUT2D eigenvalue weighted by molar-refractivity contribution is -0.149. The number of urea groups is 1. The Labute approximate surface area is 107 Å². The van der Waals surface area contributed by atoms with Crippen LogP contribution in [0.1, 0.15) is 41.5 Å². The van der Waals surface area contributed by atoms with Gasteiger partial charge in [0.2, 0.25) is 11.8 Å². The van der Waals surface area contributed by atoms with E-state index in [0.717, 1.165) is 0 Å². The molecule has 0 radical (unpaired) electrons. The van der Waals surface area contributed by atoms with Crippen molar-refractivity contribution in [3.05, 3.63) is 0 Å². The van der Waals surface area contributed by atoms with Gasteiger partial charge in [-0.1, -0.05) is 27.7 Å². The number of amides is 4. The topological polar surface area (TPSA) is 66.5 Å². The highest BCUT2D eigenvalue weighted by atomic mass is 16.2. The number of nitrogens with zero attached hydrogens (tertiary/aromatic N) is 1. The molecule has 0 aromatic heterocycles. The van der Waals surface area contributed by atoms with Gasteiger partial charge in [-0.3, -0.25) is 19.8 Å². The van der Waals surface area contributed by atoms with Crippen molar-refractivity contribution >= 4 is 17.8 Å². The predicted octanol–water partition coefficient (Wildman–Crippen LogP) is 1.53. The average molecular weight is 252 g/mol. The molecule has 0 atom stereocenters. The first kappa shape index (κ1) is 13.1. The number of imide groups is 2. The molecule has 5 heteroatoms. The van der Waals surface area contributed by atoms with Crippen molar-refractivity contribution in [1.29, 1.82) is 0 Å². The number of carbonyl (C=O) groups excluding carboxylic acids is 3. The van der Waals surface area contributed by atoms with Crippen molar-refractivity contribution in [1.82, 2.24) is 10.2 Å². The zero-order valence-corrected chi connectivity index (χ0v) is 11.7. The lowest BCUT2D eigenvalue weighted by Crippen LogP contribution is -2.63. The fourth-order valence-corrected chi connectivity index (χ4v) is 2.85. The summed E-state index contributed by atoms with van der Waals surface area (Å²) >= 11 is 0. The number of carbonyl (C=O) groups is 3. The summed E-state index contributed by atoms with van der Waals surface area (Å²) in [5.74, 6) is -0.926. The van der Waals surface area contributed by atoms with E-state index in [0.29, 0.717) is 0 Å². The Bertz CT molecular complexity index is 449. The van der Waals surface area contributed by atoms with E-state index < -0.39 is 23.3 Å². The summed E-state index contributed by atoms with van der Waals surface area (Å²) in [6, 6.07) is -0.752. The van der Waals surface area contributed by atoms with Crippen LogP contribution in [-0.2, 0) is 9.59 Å². The van der Waals surface area contributed by atoms with Crippen LogP contribution in [-0.4, -0.2) is 28.8 Å². The number of rotatable bonds is 1. The van der Waals surface area contributed by atoms with E-state index in [1.165, 1.54) is 4.90 Å². The van der Waals surface area contributed by atoms with E-state index in [9.17, 15) is 14.4 Å². The van der Waals surface area contributed by atoms with Crippen LogP contribution in [0.2, 0.25) is 0 Å². The Balaban J connectivity index is 2.39. The summed E-state index contributed by atoms with van der Waals surface area (Å²) in [6.07, 6.45) is 0. The number of nitrogens with one attached hydrogen (secondary N) is 1. The molecule has 1 saturated carbocycles. The monoisotopic (exact) mass is 252 g/mol. The third-order valence-electron chi connectivity index (χ3n) is 4.96. The van der Waals surface area contributed by atoms with E-state index in [4.69, 9.17) is 0 Å². The molecule has 2 rings (SSSR count). The summed E-state index contributed by atoms with van der Waals surface area (Å²) in [5, 5.41) is 2.27. The second-order valence-corrected chi connectivity index (χ2v) is 6.91. The van der Waals surface area contributed by atoms with Crippen LogP contribution < -0.4 is 5.32 Å². The molecule has 4 amide bonds. The van der Waals surface area contributed by atoms with Gasteiger partial charge in [0.05, 0.1) is 6.04 Å². The summed E-state index contributed by atoms with van der Waals surface area (Å²) in [5.41, 5.74) is -1.43. The minimum atomic E-state index is -1.18. The van der Waals surface area contributed by atoms with E-state index in [1.807, 2.05) is 27.7 Å². The van der Waals surface area contributed by atoms with Crippen LogP contribution in [0.4, 0.5) is 4.79 Å². The molecule has 2 aliphatic rings. The quantitative estimate of drug-likeness (QED) is 0.720. The number of barbiturate groups is 1. The van der Waals surface area contributed by atoms with E-state index in [1.54, 1.807) is 13.8 Å². The van der Waals surface area contributed by atoms with Crippen LogP contribution in [0, 0.1) is 16.2 Å². The third-order valence-corrected chi connectivity index (χ3v) is 4.96. The Morgan fingerprint density at radius 1 is 0.944 bits per heavy atom. The predicted molar refractivity (Wildman–Crippen MR) is 65.5 cm³/mol. The highest BCUT2D eigenvalue weighted by Crippen LogP contribution is 2.65. The molecule has 0 unspecified atom stereocenters. The van der Waals surface area contributed by atoms with Crippen molar-refractivity contribution in [3.63, 3.8) is 0 Å². The maximum Gasteiger partial charge on any atom is 0.331 e. The van der Waals surface area contributed by atoms with Gasteiger partial charge < -0.3 is 0 Å². The van der Waals surface area contributed by atoms with E-state index in [-0.39, 0.29) is 16.9 Å². The van der Waals surface area contributed by atoms with Crippen LogP contribution in [0.3, 0.4) is 0 Å². The summed E-state index contributed by atoms with van der Waals surface area (Å²) < 4.78 is 0. The van der Waals surface area contributed by atoms with E-state index >= 15 is 0 Å². The number of hydrogen-bond acceptors (Lipinski definition) is 3. The fourth-order valence-electron chi connectivity index (χ4n) is 2.85. The standard InChI is InChI=1S/C13H20N2O3/c1-11(2)8(16)14-10(18)15(9(11)17)7-12(3,4)13(7,5)6/h7H,1-6H3,(H,14,16,18). The molecule has 1 N–H and O–H groups in total. The zero-order chi connectivity index (χ0) is 14.1. The lowest BCUT2D eigenvalue weighted by atomic mass is 9.88. The molecule has 1 aliphatic carbocycles. The van der Waals surface area contributed by atoms with Crippen LogP contribution in [0.5, 0.6) is 0 Å². The van der Waals surface area contributed by atoms with Gasteiger partial charge in [0, 0.05) is 0 Å². The lowest BCUT2D eigenvalue weighted by Gasteiger charge is -2.35. The average Bonchev–Trinajstić information content (AvgIpc) is 2.59. The minimum absolute atomic E-state index is 0.129. The van der Waals surface area contributed by atoms with Gasteiger partial charge in [-0.25, -0.2) is 4.79 Å². The van der Waals surface area contributed by atoms with Gasteiger partial charge in [0.15, 0.2) is 0 Å². The van der Waals surface area contributed by atoms with Crippen LogP contribution in [0.25, 0.3) is 0 Å². The molecule has 1 heterocycles. The maximum atomic E-state index is 12.4. The van der Waals surface area contributed by atoms with Crippen molar-refractivity contribution in [2.75, 3.05) is 0 Å². The van der Waals surface area contributed by atoms with Gasteiger partial charge in [-0.2, -0.15) is 0 Å². The summed E-state index contributed by atoms with van der Waals surface area (Å²) in [6.45, 7) is 11.2. The molecule has 100 valence electrons. The van der Waals surface area contributed by atoms with Crippen LogP contribution in [0.15, 0.2) is 0 Å². The van der Waals surface area contributed by atoms with Gasteiger partial charge in [0.1, 0.15) is 5.41 Å². The van der Waals surface area contributed by atoms with Crippen molar-refractivity contribution in [3.8, 4) is 0 Å². The van der Waals surface area contributed by atoms with Gasteiger partial charge in [-0.15, -0.1) is 0 Å². The highest BCUT2D eigenvalue weighted by Gasteiger charge is 2.71. The van der Waals surface area contributed by atoms with Crippen molar-refractivity contribution in [2.45, 2.75) is 47.6 Å². The highest BCUT2D eigenvalue weighted by molar-refractivity contribution is 6.19. The minimum Gasteiger partial charge on any atom is -0.277 e. The molecule has 5 nitrogen and oxygen atoms in total. The third kappa shape index (κ3) is 1.30. The smallest absolute Gasteiger partial charge is 0.277 e. The SMILES string of the molecule is CC1(C)C(=O)NC(=O)N(C2C(C)(C)C2(C)C)C1=O. The molecule has 0 aromatic rings. The molecule has 0 bridgehead atoms. The zero-order valence-electron chi connectivity index (χ0n) is 11.7.